The van der Waals surface area contributed by atoms with Crippen LogP contribution in [0.1, 0.15) is 19.4 Å². The second-order valence-corrected chi connectivity index (χ2v) is 6.00. The molecule has 1 atom stereocenters. The van der Waals surface area contributed by atoms with Gasteiger partial charge in [0.05, 0.1) is 25.2 Å². The van der Waals surface area contributed by atoms with Gasteiger partial charge in [-0.25, -0.2) is 0 Å². The molecule has 5 nitrogen and oxygen atoms in total. The zero-order chi connectivity index (χ0) is 15.5. The minimum absolute atomic E-state index is 0.0781. The fourth-order valence-corrected chi connectivity index (χ4v) is 2.73. The molecule has 2 N–H and O–H groups in total. The first kappa shape index (κ1) is 15.8. The minimum Gasteiger partial charge on any atom is -0.496 e. The van der Waals surface area contributed by atoms with Crippen molar-refractivity contribution in [1.29, 1.82) is 0 Å². The monoisotopic (exact) mass is 292 g/mol. The molecule has 1 unspecified atom stereocenters. The smallest absolute Gasteiger partial charge is 0.227 e. The maximum Gasteiger partial charge on any atom is 0.227 e. The van der Waals surface area contributed by atoms with Gasteiger partial charge in [-0.05, 0) is 19.9 Å². The van der Waals surface area contributed by atoms with Crippen LogP contribution in [0.25, 0.3) is 0 Å². The highest BCUT2D eigenvalue weighted by Gasteiger charge is 2.34. The van der Waals surface area contributed by atoms with E-state index in [1.807, 2.05) is 43.0 Å². The third-order valence-electron chi connectivity index (χ3n) is 3.63. The molecule has 0 radical (unpaired) electrons. The van der Waals surface area contributed by atoms with Crippen LogP contribution in [-0.4, -0.2) is 49.3 Å². The molecule has 1 fully saturated rings. The van der Waals surface area contributed by atoms with E-state index < -0.39 is 0 Å². The lowest BCUT2D eigenvalue weighted by atomic mass is 10.0. The van der Waals surface area contributed by atoms with Crippen molar-refractivity contribution in [3.05, 3.63) is 29.8 Å². The normalized spacial score (nSPS) is 21.1. The van der Waals surface area contributed by atoms with Crippen molar-refractivity contribution in [3.8, 4) is 5.75 Å². The first-order chi connectivity index (χ1) is 9.95. The topological polar surface area (TPSA) is 64.8 Å². The Labute approximate surface area is 126 Å². The number of nitrogens with two attached hydrogens (primary N) is 1. The van der Waals surface area contributed by atoms with Gasteiger partial charge < -0.3 is 20.1 Å². The summed E-state index contributed by atoms with van der Waals surface area (Å²) in [6.45, 7) is 5.52. The van der Waals surface area contributed by atoms with Crippen LogP contribution < -0.4 is 10.5 Å². The molecule has 1 amide bonds. The van der Waals surface area contributed by atoms with Gasteiger partial charge in [-0.15, -0.1) is 0 Å². The van der Waals surface area contributed by atoms with Gasteiger partial charge in [-0.1, -0.05) is 18.2 Å². The van der Waals surface area contributed by atoms with Crippen molar-refractivity contribution in [2.24, 2.45) is 5.73 Å². The molecule has 0 aliphatic carbocycles. The van der Waals surface area contributed by atoms with Crippen LogP contribution in [0.2, 0.25) is 0 Å². The Hall–Kier alpha value is -1.59. The Morgan fingerprint density at radius 2 is 2.19 bits per heavy atom. The molecule has 1 aromatic carbocycles. The molecule has 1 aromatic rings. The summed E-state index contributed by atoms with van der Waals surface area (Å²) < 4.78 is 11.2. The molecular formula is C16H24N2O3. The van der Waals surface area contributed by atoms with Crippen molar-refractivity contribution in [1.82, 2.24) is 4.90 Å². The number of rotatable bonds is 4. The number of hydrogen-bond donors (Lipinski definition) is 1. The van der Waals surface area contributed by atoms with Gasteiger partial charge in [0.2, 0.25) is 5.91 Å². The second kappa shape index (κ2) is 6.45. The van der Waals surface area contributed by atoms with E-state index in [0.717, 1.165) is 11.3 Å². The summed E-state index contributed by atoms with van der Waals surface area (Å²) in [5.74, 6) is 0.822. The third kappa shape index (κ3) is 3.95. The number of ether oxygens (including phenoxy) is 2. The van der Waals surface area contributed by atoms with E-state index >= 15 is 0 Å². The number of para-hydroxylation sites is 1. The number of methoxy groups -OCH3 is 1. The van der Waals surface area contributed by atoms with Crippen molar-refractivity contribution >= 4 is 5.91 Å². The fourth-order valence-electron chi connectivity index (χ4n) is 2.73. The molecule has 0 aromatic heterocycles. The average Bonchev–Trinajstić information content (AvgIpc) is 2.46. The lowest BCUT2D eigenvalue weighted by Crippen LogP contribution is -2.56. The molecular weight excluding hydrogens is 268 g/mol. The van der Waals surface area contributed by atoms with E-state index in [1.54, 1.807) is 7.11 Å². The van der Waals surface area contributed by atoms with Gasteiger partial charge >= 0.3 is 0 Å². The first-order valence-corrected chi connectivity index (χ1v) is 7.23. The summed E-state index contributed by atoms with van der Waals surface area (Å²) in [5, 5.41) is 0. The van der Waals surface area contributed by atoms with E-state index in [-0.39, 0.29) is 17.6 Å². The van der Waals surface area contributed by atoms with E-state index in [9.17, 15) is 4.79 Å². The van der Waals surface area contributed by atoms with Crippen molar-refractivity contribution in [2.45, 2.75) is 32.0 Å². The number of amides is 1. The van der Waals surface area contributed by atoms with Crippen LogP contribution in [0, 0.1) is 0 Å². The first-order valence-electron chi connectivity index (χ1n) is 7.23. The highest BCUT2D eigenvalue weighted by atomic mass is 16.5. The van der Waals surface area contributed by atoms with Gasteiger partial charge in [0, 0.05) is 25.2 Å². The van der Waals surface area contributed by atoms with Crippen LogP contribution in [0.15, 0.2) is 24.3 Å². The molecule has 0 spiro atoms. The zero-order valence-corrected chi connectivity index (χ0v) is 13.0. The molecule has 1 saturated heterocycles. The van der Waals surface area contributed by atoms with E-state index in [4.69, 9.17) is 15.2 Å². The van der Waals surface area contributed by atoms with E-state index in [2.05, 4.69) is 0 Å². The number of benzene rings is 1. The van der Waals surface area contributed by atoms with Crippen LogP contribution >= 0.6 is 0 Å². The predicted molar refractivity (Wildman–Crippen MR) is 81.3 cm³/mol. The second-order valence-electron chi connectivity index (χ2n) is 6.00. The van der Waals surface area contributed by atoms with Gasteiger partial charge in [0.1, 0.15) is 5.75 Å². The maximum atomic E-state index is 12.6. The lowest BCUT2D eigenvalue weighted by molar-refractivity contribution is -0.158. The highest BCUT2D eigenvalue weighted by Crippen LogP contribution is 2.23. The Morgan fingerprint density at radius 3 is 2.86 bits per heavy atom. The molecule has 0 saturated carbocycles. The van der Waals surface area contributed by atoms with Gasteiger partial charge in [0.25, 0.3) is 0 Å². The molecule has 2 rings (SSSR count). The SMILES string of the molecule is COc1ccccc1CC(=O)N1CC(CN)OC(C)(C)C1. The van der Waals surface area contributed by atoms with Crippen LogP contribution in [0.3, 0.4) is 0 Å². The lowest BCUT2D eigenvalue weighted by Gasteiger charge is -2.42. The Balaban J connectivity index is 2.09. The van der Waals surface area contributed by atoms with E-state index in [0.29, 0.717) is 26.1 Å². The summed E-state index contributed by atoms with van der Waals surface area (Å²) >= 11 is 0. The van der Waals surface area contributed by atoms with Gasteiger partial charge in [-0.3, -0.25) is 4.79 Å². The minimum atomic E-state index is -0.362. The molecule has 5 heteroatoms. The summed E-state index contributed by atoms with van der Waals surface area (Å²) in [6.07, 6.45) is 0.229. The van der Waals surface area contributed by atoms with Gasteiger partial charge in [0.15, 0.2) is 0 Å². The molecule has 1 aliphatic rings. The fraction of sp³-hybridized carbons (Fsp3) is 0.562. The average molecular weight is 292 g/mol. The largest absolute Gasteiger partial charge is 0.496 e. The third-order valence-corrected chi connectivity index (χ3v) is 3.63. The number of carbonyl (C=O) groups is 1. The van der Waals surface area contributed by atoms with Crippen molar-refractivity contribution in [3.63, 3.8) is 0 Å². The maximum absolute atomic E-state index is 12.6. The Kier molecular flexibility index (Phi) is 4.85. The molecule has 0 bridgehead atoms. The van der Waals surface area contributed by atoms with Crippen LogP contribution in [0.5, 0.6) is 5.75 Å². The summed E-state index contributed by atoms with van der Waals surface area (Å²) in [4.78, 5) is 14.4. The van der Waals surface area contributed by atoms with E-state index in [1.165, 1.54) is 0 Å². The summed E-state index contributed by atoms with van der Waals surface area (Å²) in [5.41, 5.74) is 6.24. The van der Waals surface area contributed by atoms with Crippen LogP contribution in [-0.2, 0) is 16.0 Å². The van der Waals surface area contributed by atoms with Crippen molar-refractivity contribution in [2.75, 3.05) is 26.7 Å². The molecule has 1 aliphatic heterocycles. The highest BCUT2D eigenvalue weighted by molar-refractivity contribution is 5.79. The quantitative estimate of drug-likeness (QED) is 0.906. The van der Waals surface area contributed by atoms with Crippen LogP contribution in [0.4, 0.5) is 0 Å². The zero-order valence-electron chi connectivity index (χ0n) is 13.0. The number of carbonyl (C=O) groups excluding carboxylic acids is 1. The molecule has 21 heavy (non-hydrogen) atoms. The number of morpholine rings is 1. The Morgan fingerprint density at radius 1 is 1.48 bits per heavy atom. The van der Waals surface area contributed by atoms with Crippen molar-refractivity contribution < 1.29 is 14.3 Å². The number of hydrogen-bond acceptors (Lipinski definition) is 4. The summed E-state index contributed by atoms with van der Waals surface area (Å²) in [6, 6.07) is 7.60. The Bertz CT molecular complexity index is 502. The molecule has 116 valence electrons. The van der Waals surface area contributed by atoms with Gasteiger partial charge in [-0.2, -0.15) is 0 Å². The summed E-state index contributed by atoms with van der Waals surface area (Å²) in [7, 11) is 1.62. The standard InChI is InChI=1S/C16H24N2O3/c1-16(2)11-18(10-13(9-17)21-16)15(19)8-12-6-4-5-7-14(12)20-3/h4-7,13H,8-11,17H2,1-3H3. The molecule has 1 heterocycles. The predicted octanol–water partition coefficient (Wildman–Crippen LogP) is 1.20. The number of nitrogens with zero attached hydrogens (tertiary/aromatic N) is 1.